The molecule has 0 unspecified atom stereocenters. The van der Waals surface area contributed by atoms with Crippen molar-refractivity contribution >= 4 is 17.5 Å². The summed E-state index contributed by atoms with van der Waals surface area (Å²) in [6, 6.07) is 0.435. The first-order valence-electron chi connectivity index (χ1n) is 8.58. The third-order valence-corrected chi connectivity index (χ3v) is 6.85. The number of nitrogens with zero attached hydrogens (tertiary/aromatic N) is 1. The monoisotopic (exact) mass is 372 g/mol. The topological polar surface area (TPSA) is 62.8 Å². The van der Waals surface area contributed by atoms with Gasteiger partial charge in [-0.3, -0.25) is 9.59 Å². The zero-order valence-corrected chi connectivity index (χ0v) is 14.4. The molecule has 4 aliphatic carbocycles. The van der Waals surface area contributed by atoms with Crippen molar-refractivity contribution in [2.75, 3.05) is 5.75 Å². The summed E-state index contributed by atoms with van der Waals surface area (Å²) in [5.41, 5.74) is -2.36. The number of hydrogen-bond acceptors (Lipinski definition) is 4. The number of halogens is 3. The molecule has 0 amide bonds. The molecule has 4 aliphatic rings. The minimum Gasteiger partial charge on any atom is -0.301 e. The Morgan fingerprint density at radius 3 is 2.28 bits per heavy atom. The third-order valence-electron chi connectivity index (χ3n) is 5.98. The van der Waals surface area contributed by atoms with Crippen LogP contribution in [-0.2, 0) is 11.0 Å². The van der Waals surface area contributed by atoms with Gasteiger partial charge in [0.1, 0.15) is 5.78 Å². The van der Waals surface area contributed by atoms with Gasteiger partial charge >= 0.3 is 6.18 Å². The molecule has 0 atom stereocenters. The maximum absolute atomic E-state index is 12.9. The Balaban J connectivity index is 1.48. The van der Waals surface area contributed by atoms with E-state index in [2.05, 4.69) is 9.97 Å². The second-order valence-electron chi connectivity index (χ2n) is 7.84. The van der Waals surface area contributed by atoms with E-state index in [-0.39, 0.29) is 22.1 Å². The van der Waals surface area contributed by atoms with Crippen molar-refractivity contribution in [2.24, 2.45) is 23.2 Å². The fourth-order valence-corrected chi connectivity index (χ4v) is 6.30. The van der Waals surface area contributed by atoms with E-state index in [9.17, 15) is 22.8 Å². The van der Waals surface area contributed by atoms with Crippen LogP contribution in [0.4, 0.5) is 13.2 Å². The predicted molar refractivity (Wildman–Crippen MR) is 86.2 cm³/mol. The number of carbonyl (C=O) groups excluding carboxylic acids is 1. The number of carbonyl (C=O) groups is 1. The molecule has 4 nitrogen and oxygen atoms in total. The first kappa shape index (κ1) is 17.1. The molecular weight excluding hydrogens is 353 g/mol. The smallest absolute Gasteiger partial charge is 0.301 e. The Bertz CT molecular complexity index is 724. The molecule has 4 fully saturated rings. The Morgan fingerprint density at radius 2 is 1.76 bits per heavy atom. The van der Waals surface area contributed by atoms with E-state index in [1.165, 1.54) is 19.3 Å². The molecule has 136 valence electrons. The zero-order valence-electron chi connectivity index (χ0n) is 13.6. The minimum atomic E-state index is -4.67. The van der Waals surface area contributed by atoms with Crippen LogP contribution in [0, 0.1) is 23.2 Å². The largest absolute Gasteiger partial charge is 0.433 e. The van der Waals surface area contributed by atoms with Crippen molar-refractivity contribution in [1.29, 1.82) is 0 Å². The molecule has 4 bridgehead atoms. The van der Waals surface area contributed by atoms with E-state index in [0.717, 1.165) is 31.0 Å². The van der Waals surface area contributed by atoms with Gasteiger partial charge in [-0.25, -0.2) is 4.98 Å². The van der Waals surface area contributed by atoms with Crippen LogP contribution in [0.25, 0.3) is 0 Å². The number of Topliss-reactive ketones (excluding diaryl/α,β-unsaturated/α-hetero) is 1. The lowest BCUT2D eigenvalue weighted by atomic mass is 9.48. The lowest BCUT2D eigenvalue weighted by molar-refractivity contribution is -0.141. The summed E-state index contributed by atoms with van der Waals surface area (Å²) >= 11 is 0.906. The van der Waals surface area contributed by atoms with Crippen molar-refractivity contribution in [3.63, 3.8) is 0 Å². The molecule has 1 heterocycles. The number of alkyl halides is 3. The number of hydrogen-bond donors (Lipinski definition) is 1. The average molecular weight is 372 g/mol. The maximum Gasteiger partial charge on any atom is 0.433 e. The van der Waals surface area contributed by atoms with Crippen LogP contribution in [0.15, 0.2) is 16.0 Å². The molecule has 0 aromatic carbocycles. The lowest BCUT2D eigenvalue weighted by Crippen LogP contribution is -2.50. The summed E-state index contributed by atoms with van der Waals surface area (Å²) in [6.07, 6.45) is 1.76. The van der Waals surface area contributed by atoms with Crippen LogP contribution >= 0.6 is 11.8 Å². The maximum atomic E-state index is 12.9. The summed E-state index contributed by atoms with van der Waals surface area (Å²) in [6.45, 7) is 0. The van der Waals surface area contributed by atoms with Crippen LogP contribution < -0.4 is 5.56 Å². The highest BCUT2D eigenvalue weighted by Crippen LogP contribution is 2.60. The lowest BCUT2D eigenvalue weighted by Gasteiger charge is -2.56. The molecule has 0 aliphatic heterocycles. The minimum absolute atomic E-state index is 0.0659. The summed E-state index contributed by atoms with van der Waals surface area (Å²) in [5.74, 6) is 2.07. The molecule has 8 heteroatoms. The van der Waals surface area contributed by atoms with Crippen molar-refractivity contribution < 1.29 is 18.0 Å². The second kappa shape index (κ2) is 5.86. The second-order valence-corrected chi connectivity index (χ2v) is 8.81. The molecule has 1 N–H and O–H groups in total. The first-order chi connectivity index (χ1) is 11.7. The van der Waals surface area contributed by atoms with Crippen LogP contribution in [0.5, 0.6) is 0 Å². The van der Waals surface area contributed by atoms with E-state index >= 15 is 0 Å². The SMILES string of the molecule is O=C(CSc1nc(C(F)(F)F)cc(=O)[nH]1)C12CC3CC(CC(C3)C1)C2. The molecule has 5 rings (SSSR count). The van der Waals surface area contributed by atoms with Gasteiger partial charge in [0.15, 0.2) is 10.9 Å². The predicted octanol–water partition coefficient (Wildman–Crippen LogP) is 3.67. The number of rotatable bonds is 4. The van der Waals surface area contributed by atoms with Crippen molar-refractivity contribution in [3.05, 3.63) is 22.1 Å². The fourth-order valence-electron chi connectivity index (χ4n) is 5.39. The van der Waals surface area contributed by atoms with E-state index in [1.54, 1.807) is 0 Å². The normalized spacial score (nSPS) is 33.6. The van der Waals surface area contributed by atoms with Gasteiger partial charge in [0, 0.05) is 11.5 Å². The summed E-state index contributed by atoms with van der Waals surface area (Å²) in [7, 11) is 0. The Hall–Kier alpha value is -1.31. The van der Waals surface area contributed by atoms with Gasteiger partial charge in [0.25, 0.3) is 5.56 Å². The van der Waals surface area contributed by atoms with Gasteiger partial charge in [-0.05, 0) is 56.3 Å². The summed E-state index contributed by atoms with van der Waals surface area (Å²) in [4.78, 5) is 30.1. The summed E-state index contributed by atoms with van der Waals surface area (Å²) in [5, 5.41) is -0.141. The van der Waals surface area contributed by atoms with Crippen molar-refractivity contribution in [1.82, 2.24) is 9.97 Å². The van der Waals surface area contributed by atoms with Crippen molar-refractivity contribution in [3.8, 4) is 0 Å². The number of H-pyrrole nitrogens is 1. The Kier molecular flexibility index (Phi) is 4.01. The number of aromatic amines is 1. The van der Waals surface area contributed by atoms with Gasteiger partial charge in [0.2, 0.25) is 0 Å². The molecule has 1 aromatic rings. The first-order valence-corrected chi connectivity index (χ1v) is 9.57. The standard InChI is InChI=1S/C17H19F3N2O2S/c18-17(19,20)12-4-14(24)22-15(21-12)25-8-13(23)16-5-9-1-10(6-16)3-11(2-9)7-16/h4,9-11H,1-3,5-8H2,(H,21,22,24). The highest BCUT2D eigenvalue weighted by molar-refractivity contribution is 7.99. The summed E-state index contributed by atoms with van der Waals surface area (Å²) < 4.78 is 38.3. The fraction of sp³-hybridized carbons (Fsp3) is 0.706. The number of thioether (sulfide) groups is 1. The highest BCUT2D eigenvalue weighted by atomic mass is 32.2. The molecule has 0 saturated heterocycles. The van der Waals surface area contributed by atoms with E-state index in [1.807, 2.05) is 0 Å². The molecular formula is C17H19F3N2O2S. The molecule has 1 aromatic heterocycles. The number of ketones is 1. The van der Waals surface area contributed by atoms with Crippen molar-refractivity contribution in [2.45, 2.75) is 49.9 Å². The van der Waals surface area contributed by atoms with Gasteiger partial charge in [-0.1, -0.05) is 11.8 Å². The van der Waals surface area contributed by atoms with Gasteiger partial charge < -0.3 is 4.98 Å². The molecule has 0 radical (unpaired) electrons. The highest BCUT2D eigenvalue weighted by Gasteiger charge is 2.54. The van der Waals surface area contributed by atoms with Gasteiger partial charge in [-0.2, -0.15) is 13.2 Å². The van der Waals surface area contributed by atoms with Crippen LogP contribution in [0.2, 0.25) is 0 Å². The van der Waals surface area contributed by atoms with E-state index in [4.69, 9.17) is 0 Å². The molecule has 0 spiro atoms. The Morgan fingerprint density at radius 1 is 1.20 bits per heavy atom. The van der Waals surface area contributed by atoms with E-state index in [0.29, 0.717) is 23.8 Å². The Labute approximate surface area is 147 Å². The number of aromatic nitrogens is 2. The van der Waals surface area contributed by atoms with Gasteiger partial charge in [0.05, 0.1) is 5.75 Å². The van der Waals surface area contributed by atoms with E-state index < -0.39 is 17.4 Å². The van der Waals surface area contributed by atoms with Crippen LogP contribution in [0.1, 0.15) is 44.2 Å². The molecule has 25 heavy (non-hydrogen) atoms. The number of nitrogens with one attached hydrogen (secondary N) is 1. The van der Waals surface area contributed by atoms with Crippen LogP contribution in [-0.4, -0.2) is 21.5 Å². The zero-order chi connectivity index (χ0) is 17.8. The third kappa shape index (κ3) is 3.25. The van der Waals surface area contributed by atoms with Crippen LogP contribution in [0.3, 0.4) is 0 Å². The average Bonchev–Trinajstić information content (AvgIpc) is 2.50. The molecule has 4 saturated carbocycles. The van der Waals surface area contributed by atoms with Gasteiger partial charge in [-0.15, -0.1) is 0 Å². The quantitative estimate of drug-likeness (QED) is 0.647.